The van der Waals surface area contributed by atoms with Crippen LogP contribution in [0.25, 0.3) is 0 Å². The number of likely N-dealkylation sites (N-methyl/N-ethyl adjacent to an activating group) is 1. The first-order valence-corrected chi connectivity index (χ1v) is 11.1. The number of carbonyl (C=O) groups is 1. The van der Waals surface area contributed by atoms with Gasteiger partial charge in [0.25, 0.3) is 0 Å². The number of nitrogens with zero attached hydrogens (tertiary/aromatic N) is 3. The maximum atomic E-state index is 12.1. The lowest BCUT2D eigenvalue weighted by molar-refractivity contribution is -0.127. The van der Waals surface area contributed by atoms with Crippen LogP contribution in [-0.2, 0) is 17.9 Å². The van der Waals surface area contributed by atoms with Crippen molar-refractivity contribution < 1.29 is 4.79 Å². The number of halogens is 1. The summed E-state index contributed by atoms with van der Waals surface area (Å²) in [6, 6.07) is 19.3. The molecule has 174 valence electrons. The third-order valence-electron chi connectivity index (χ3n) is 5.75. The van der Waals surface area contributed by atoms with E-state index < -0.39 is 0 Å². The molecule has 1 saturated heterocycles. The van der Waals surface area contributed by atoms with Gasteiger partial charge in [0.05, 0.1) is 13.1 Å². The van der Waals surface area contributed by atoms with Crippen LogP contribution in [0.1, 0.15) is 29.5 Å². The SMILES string of the molecule is Cc1ccccc1CN=C(NCC(=O)N(C)C)NC1CCN(Cc2ccccc2)CC1.I. The molecule has 2 aromatic rings. The van der Waals surface area contributed by atoms with Crippen molar-refractivity contribution in [2.75, 3.05) is 33.7 Å². The molecule has 2 N–H and O–H groups in total. The molecule has 3 rings (SSSR count). The molecule has 0 bridgehead atoms. The van der Waals surface area contributed by atoms with Crippen molar-refractivity contribution in [1.29, 1.82) is 0 Å². The number of aliphatic imine (C=N–C) groups is 1. The van der Waals surface area contributed by atoms with Crippen molar-refractivity contribution in [3.8, 4) is 0 Å². The average molecular weight is 550 g/mol. The summed E-state index contributed by atoms with van der Waals surface area (Å²) in [7, 11) is 3.54. The number of aryl methyl sites for hydroxylation is 1. The summed E-state index contributed by atoms with van der Waals surface area (Å²) in [5.41, 5.74) is 3.78. The Balaban J connectivity index is 0.00000363. The second-order valence-corrected chi connectivity index (χ2v) is 8.41. The maximum absolute atomic E-state index is 12.1. The van der Waals surface area contributed by atoms with E-state index in [1.165, 1.54) is 16.7 Å². The van der Waals surface area contributed by atoms with Gasteiger partial charge in [-0.25, -0.2) is 4.99 Å². The second kappa shape index (κ2) is 13.4. The minimum Gasteiger partial charge on any atom is -0.354 e. The summed E-state index contributed by atoms with van der Waals surface area (Å²) in [6.07, 6.45) is 2.11. The van der Waals surface area contributed by atoms with Gasteiger partial charge >= 0.3 is 0 Å². The molecule has 0 radical (unpaired) electrons. The number of carbonyl (C=O) groups excluding carboxylic acids is 1. The molecular formula is C25H36IN5O. The number of likely N-dealkylation sites (tertiary alicyclic amines) is 1. The van der Waals surface area contributed by atoms with Crippen LogP contribution in [-0.4, -0.2) is 61.4 Å². The number of amides is 1. The fraction of sp³-hybridized carbons (Fsp3) is 0.440. The van der Waals surface area contributed by atoms with Crippen LogP contribution < -0.4 is 10.6 Å². The molecule has 0 saturated carbocycles. The van der Waals surface area contributed by atoms with Gasteiger partial charge in [-0.05, 0) is 36.5 Å². The van der Waals surface area contributed by atoms with Crippen LogP contribution in [0.2, 0.25) is 0 Å². The van der Waals surface area contributed by atoms with Crippen molar-refractivity contribution in [2.45, 2.75) is 38.9 Å². The Morgan fingerprint density at radius 3 is 2.38 bits per heavy atom. The van der Waals surface area contributed by atoms with E-state index in [9.17, 15) is 4.79 Å². The highest BCUT2D eigenvalue weighted by Gasteiger charge is 2.20. The zero-order valence-corrected chi connectivity index (χ0v) is 21.7. The maximum Gasteiger partial charge on any atom is 0.241 e. The number of benzene rings is 2. The Morgan fingerprint density at radius 1 is 1.06 bits per heavy atom. The largest absolute Gasteiger partial charge is 0.354 e. The minimum atomic E-state index is 0. The highest BCUT2D eigenvalue weighted by molar-refractivity contribution is 14.0. The molecule has 0 spiro atoms. The summed E-state index contributed by atoms with van der Waals surface area (Å²) >= 11 is 0. The van der Waals surface area contributed by atoms with Gasteiger partial charge < -0.3 is 15.5 Å². The topological polar surface area (TPSA) is 60.0 Å². The molecule has 0 aromatic heterocycles. The Kier molecular flexibility index (Phi) is 11.0. The fourth-order valence-corrected chi connectivity index (χ4v) is 3.69. The van der Waals surface area contributed by atoms with Crippen molar-refractivity contribution >= 4 is 35.8 Å². The standard InChI is InChI=1S/C25H35N5O.HI/c1-20-9-7-8-12-22(20)17-26-25(27-18-24(31)29(2)3)28-23-13-15-30(16-14-23)19-21-10-5-4-6-11-21;/h4-12,23H,13-19H2,1-3H3,(H2,26,27,28);1H. The van der Waals surface area contributed by atoms with Crippen LogP contribution in [0.5, 0.6) is 0 Å². The van der Waals surface area contributed by atoms with Gasteiger partial charge in [-0.2, -0.15) is 0 Å². The van der Waals surface area contributed by atoms with Gasteiger partial charge in [-0.3, -0.25) is 9.69 Å². The minimum absolute atomic E-state index is 0. The Hall–Kier alpha value is -2.13. The predicted octanol–water partition coefficient (Wildman–Crippen LogP) is 3.40. The average Bonchev–Trinajstić information content (AvgIpc) is 2.78. The summed E-state index contributed by atoms with van der Waals surface area (Å²) in [6.45, 7) is 6.02. The van der Waals surface area contributed by atoms with Crippen LogP contribution in [0, 0.1) is 6.92 Å². The molecule has 1 aliphatic rings. The van der Waals surface area contributed by atoms with E-state index in [-0.39, 0.29) is 36.4 Å². The van der Waals surface area contributed by atoms with E-state index in [2.05, 4.69) is 64.9 Å². The summed E-state index contributed by atoms with van der Waals surface area (Å²) in [5, 5.41) is 6.79. The van der Waals surface area contributed by atoms with Crippen molar-refractivity contribution in [2.24, 2.45) is 4.99 Å². The first kappa shape index (κ1) is 26.1. The smallest absolute Gasteiger partial charge is 0.241 e. The quantitative estimate of drug-likeness (QED) is 0.316. The van der Waals surface area contributed by atoms with E-state index >= 15 is 0 Å². The van der Waals surface area contributed by atoms with Crippen LogP contribution in [0.15, 0.2) is 59.6 Å². The van der Waals surface area contributed by atoms with E-state index in [4.69, 9.17) is 4.99 Å². The Labute approximate surface area is 209 Å². The molecule has 1 fully saturated rings. The first-order chi connectivity index (χ1) is 15.0. The lowest BCUT2D eigenvalue weighted by Gasteiger charge is -2.33. The van der Waals surface area contributed by atoms with Gasteiger partial charge in [0.15, 0.2) is 5.96 Å². The predicted molar refractivity (Wildman–Crippen MR) is 142 cm³/mol. The molecule has 0 unspecified atom stereocenters. The lowest BCUT2D eigenvalue weighted by Crippen LogP contribution is -2.50. The van der Waals surface area contributed by atoms with Crippen molar-refractivity contribution in [1.82, 2.24) is 20.4 Å². The molecule has 7 heteroatoms. The van der Waals surface area contributed by atoms with Crippen LogP contribution in [0.3, 0.4) is 0 Å². The monoisotopic (exact) mass is 549 g/mol. The molecule has 2 aromatic carbocycles. The van der Waals surface area contributed by atoms with Gasteiger partial charge in [0, 0.05) is 39.8 Å². The number of hydrogen-bond donors (Lipinski definition) is 2. The van der Waals surface area contributed by atoms with Crippen LogP contribution in [0.4, 0.5) is 0 Å². The molecule has 0 atom stereocenters. The number of rotatable bonds is 7. The summed E-state index contributed by atoms with van der Waals surface area (Å²) in [5.74, 6) is 0.739. The number of hydrogen-bond acceptors (Lipinski definition) is 3. The highest BCUT2D eigenvalue weighted by atomic mass is 127. The highest BCUT2D eigenvalue weighted by Crippen LogP contribution is 2.14. The number of piperidine rings is 1. The van der Waals surface area contributed by atoms with Crippen LogP contribution >= 0.6 is 24.0 Å². The van der Waals surface area contributed by atoms with E-state index in [1.807, 2.05) is 12.1 Å². The molecule has 1 aliphatic heterocycles. The Morgan fingerprint density at radius 2 is 1.72 bits per heavy atom. The first-order valence-electron chi connectivity index (χ1n) is 11.1. The molecule has 6 nitrogen and oxygen atoms in total. The third-order valence-corrected chi connectivity index (χ3v) is 5.75. The summed E-state index contributed by atoms with van der Waals surface area (Å²) in [4.78, 5) is 20.9. The van der Waals surface area contributed by atoms with E-state index in [1.54, 1.807) is 19.0 Å². The van der Waals surface area contributed by atoms with Gasteiger partial charge in [0.2, 0.25) is 5.91 Å². The van der Waals surface area contributed by atoms with E-state index in [0.29, 0.717) is 18.5 Å². The van der Waals surface area contributed by atoms with Gasteiger partial charge in [-0.15, -0.1) is 24.0 Å². The molecule has 1 amide bonds. The zero-order valence-electron chi connectivity index (χ0n) is 19.4. The molecule has 32 heavy (non-hydrogen) atoms. The molecule has 1 heterocycles. The lowest BCUT2D eigenvalue weighted by atomic mass is 10.0. The van der Waals surface area contributed by atoms with Crippen molar-refractivity contribution in [3.63, 3.8) is 0 Å². The van der Waals surface area contributed by atoms with E-state index in [0.717, 1.165) is 32.5 Å². The second-order valence-electron chi connectivity index (χ2n) is 8.41. The van der Waals surface area contributed by atoms with Gasteiger partial charge in [-0.1, -0.05) is 54.6 Å². The third kappa shape index (κ3) is 8.43. The molecule has 0 aliphatic carbocycles. The normalized spacial score (nSPS) is 15.0. The van der Waals surface area contributed by atoms with Crippen molar-refractivity contribution in [3.05, 3.63) is 71.3 Å². The fourth-order valence-electron chi connectivity index (χ4n) is 3.69. The number of nitrogens with one attached hydrogen (secondary N) is 2. The van der Waals surface area contributed by atoms with Gasteiger partial charge in [0.1, 0.15) is 0 Å². The summed E-state index contributed by atoms with van der Waals surface area (Å²) < 4.78 is 0. The Bertz CT molecular complexity index is 864. The number of guanidine groups is 1. The molecular weight excluding hydrogens is 513 g/mol. The zero-order chi connectivity index (χ0) is 22.1.